The Hall–Kier alpha value is -4.42. The van der Waals surface area contributed by atoms with E-state index in [0.29, 0.717) is 5.56 Å². The number of pyridine rings is 1. The average molecular weight is 546 g/mol. The molecule has 0 saturated heterocycles. The molecule has 0 spiro atoms. The molecular weight excluding hydrogens is 513 g/mol. The molecule has 3 aromatic rings. The predicted octanol–water partition coefficient (Wildman–Crippen LogP) is 3.62. The molecule has 2 heterocycles. The highest BCUT2D eigenvalue weighted by atomic mass is 19.1. The number of halogens is 1. The first-order valence-electron chi connectivity index (χ1n) is 13.0. The summed E-state index contributed by atoms with van der Waals surface area (Å²) in [6, 6.07) is 14.2. The Morgan fingerprint density at radius 2 is 1.93 bits per heavy atom. The van der Waals surface area contributed by atoms with Crippen molar-refractivity contribution in [3.63, 3.8) is 0 Å². The van der Waals surface area contributed by atoms with Crippen LogP contribution in [0, 0.1) is 23.6 Å². The maximum absolute atomic E-state index is 14.3. The zero-order chi connectivity index (χ0) is 28.8. The standard InChI is InChI=1S/C31H32FN3O5/c1-20-17-35(21(2)19-36)31(38)26-15-23(10-9-22-11-13-24(39-4)14-12-22)16-33-29(26)40-28(20)18-34(3)30(37)25-7-5-6-8-27(25)32/h5-8,11-16,20-21,28,36H,17-19H2,1-4H3/t20-,21+,28+/m0/s1. The molecule has 8 nitrogen and oxygen atoms in total. The number of carbonyl (C=O) groups excluding carboxylic acids is 2. The smallest absolute Gasteiger partial charge is 0.259 e. The van der Waals surface area contributed by atoms with Crippen LogP contribution in [0.5, 0.6) is 11.6 Å². The average Bonchev–Trinajstić information content (AvgIpc) is 2.97. The van der Waals surface area contributed by atoms with Gasteiger partial charge in [0.25, 0.3) is 11.8 Å². The van der Waals surface area contributed by atoms with Gasteiger partial charge in [0.2, 0.25) is 5.88 Å². The van der Waals surface area contributed by atoms with Crippen molar-refractivity contribution >= 4 is 11.8 Å². The lowest BCUT2D eigenvalue weighted by Gasteiger charge is -2.37. The number of methoxy groups -OCH3 is 1. The molecule has 0 radical (unpaired) electrons. The first kappa shape index (κ1) is 28.6. The Bertz CT molecular complexity index is 1430. The number of hydrogen-bond donors (Lipinski definition) is 1. The Morgan fingerprint density at radius 1 is 1.23 bits per heavy atom. The van der Waals surface area contributed by atoms with Crippen molar-refractivity contribution in [1.82, 2.24) is 14.8 Å². The molecule has 2 aromatic carbocycles. The first-order chi connectivity index (χ1) is 19.2. The molecule has 208 valence electrons. The van der Waals surface area contributed by atoms with Gasteiger partial charge in [-0.25, -0.2) is 9.37 Å². The van der Waals surface area contributed by atoms with Crippen molar-refractivity contribution in [3.8, 4) is 23.5 Å². The summed E-state index contributed by atoms with van der Waals surface area (Å²) in [7, 11) is 3.17. The van der Waals surface area contributed by atoms with E-state index in [1.807, 2.05) is 31.2 Å². The van der Waals surface area contributed by atoms with Crippen LogP contribution < -0.4 is 9.47 Å². The van der Waals surface area contributed by atoms with Crippen LogP contribution in [0.1, 0.15) is 45.7 Å². The van der Waals surface area contributed by atoms with E-state index in [1.54, 1.807) is 38.1 Å². The van der Waals surface area contributed by atoms with Gasteiger partial charge < -0.3 is 24.4 Å². The zero-order valence-corrected chi connectivity index (χ0v) is 22.9. The van der Waals surface area contributed by atoms with Crippen LogP contribution in [0.3, 0.4) is 0 Å². The molecule has 0 unspecified atom stereocenters. The van der Waals surface area contributed by atoms with Crippen molar-refractivity contribution in [2.24, 2.45) is 5.92 Å². The summed E-state index contributed by atoms with van der Waals surface area (Å²) >= 11 is 0. The summed E-state index contributed by atoms with van der Waals surface area (Å²) in [5.41, 5.74) is 1.46. The minimum absolute atomic E-state index is 0.0344. The van der Waals surface area contributed by atoms with Crippen LogP contribution in [-0.4, -0.2) is 77.7 Å². The van der Waals surface area contributed by atoms with E-state index in [-0.39, 0.29) is 48.5 Å². The highest BCUT2D eigenvalue weighted by molar-refractivity contribution is 5.97. The fraction of sp³-hybridized carbons (Fsp3) is 0.323. The third-order valence-corrected chi connectivity index (χ3v) is 6.87. The molecule has 0 saturated carbocycles. The number of fused-ring (bicyclic) bond motifs is 1. The van der Waals surface area contributed by atoms with E-state index < -0.39 is 23.9 Å². The largest absolute Gasteiger partial charge is 0.497 e. The molecule has 0 fully saturated rings. The lowest BCUT2D eigenvalue weighted by Crippen LogP contribution is -2.50. The van der Waals surface area contributed by atoms with E-state index in [1.165, 1.54) is 29.3 Å². The Morgan fingerprint density at radius 3 is 2.60 bits per heavy atom. The second-order valence-electron chi connectivity index (χ2n) is 9.84. The van der Waals surface area contributed by atoms with Crippen molar-refractivity contribution < 1.29 is 28.6 Å². The Kier molecular flexibility index (Phi) is 9.02. The van der Waals surface area contributed by atoms with Crippen molar-refractivity contribution in [1.29, 1.82) is 0 Å². The Balaban J connectivity index is 1.65. The molecule has 40 heavy (non-hydrogen) atoms. The van der Waals surface area contributed by atoms with Gasteiger partial charge in [0.05, 0.1) is 31.9 Å². The first-order valence-corrected chi connectivity index (χ1v) is 13.0. The number of amides is 2. The van der Waals surface area contributed by atoms with E-state index >= 15 is 0 Å². The quantitative estimate of drug-likeness (QED) is 0.476. The highest BCUT2D eigenvalue weighted by Crippen LogP contribution is 2.27. The minimum atomic E-state index is -0.602. The number of hydrogen-bond acceptors (Lipinski definition) is 6. The van der Waals surface area contributed by atoms with Crippen LogP contribution in [0.4, 0.5) is 4.39 Å². The second kappa shape index (κ2) is 12.6. The molecular formula is C31H32FN3O5. The predicted molar refractivity (Wildman–Crippen MR) is 148 cm³/mol. The number of aliphatic hydroxyl groups is 1. The summed E-state index contributed by atoms with van der Waals surface area (Å²) in [6.07, 6.45) is 0.963. The summed E-state index contributed by atoms with van der Waals surface area (Å²) in [5.74, 6) is 5.27. The lowest BCUT2D eigenvalue weighted by atomic mass is 9.99. The van der Waals surface area contributed by atoms with Crippen molar-refractivity contribution in [3.05, 3.63) is 88.9 Å². The van der Waals surface area contributed by atoms with Crippen LogP contribution in [-0.2, 0) is 0 Å². The van der Waals surface area contributed by atoms with Gasteiger partial charge in [-0.15, -0.1) is 0 Å². The van der Waals surface area contributed by atoms with Crippen LogP contribution in [0.2, 0.25) is 0 Å². The molecule has 0 aliphatic carbocycles. The maximum atomic E-state index is 14.3. The summed E-state index contributed by atoms with van der Waals surface area (Å²) in [6.45, 7) is 3.83. The minimum Gasteiger partial charge on any atom is -0.497 e. The molecule has 3 atom stereocenters. The van der Waals surface area contributed by atoms with Gasteiger partial charge >= 0.3 is 0 Å². The lowest BCUT2D eigenvalue weighted by molar-refractivity contribution is 0.0312. The van der Waals surface area contributed by atoms with Gasteiger partial charge in [-0.05, 0) is 49.4 Å². The molecule has 9 heteroatoms. The number of benzene rings is 2. The normalized spacial score (nSPS) is 17.4. The van der Waals surface area contributed by atoms with Crippen molar-refractivity contribution in [2.75, 3.05) is 33.9 Å². The summed E-state index contributed by atoms with van der Waals surface area (Å²) < 4.78 is 25.7. The molecule has 2 amide bonds. The van der Waals surface area contributed by atoms with Crippen LogP contribution in [0.15, 0.2) is 60.8 Å². The fourth-order valence-corrected chi connectivity index (χ4v) is 4.40. The monoisotopic (exact) mass is 545 g/mol. The Labute approximate surface area is 233 Å². The van der Waals surface area contributed by atoms with E-state index in [9.17, 15) is 19.1 Å². The number of likely N-dealkylation sites (N-methyl/N-ethyl adjacent to an activating group) is 1. The van der Waals surface area contributed by atoms with E-state index in [2.05, 4.69) is 16.8 Å². The molecule has 1 aliphatic rings. The molecule has 0 bridgehead atoms. The third-order valence-electron chi connectivity index (χ3n) is 6.87. The van der Waals surface area contributed by atoms with Gasteiger partial charge in [0.1, 0.15) is 23.2 Å². The van der Waals surface area contributed by atoms with Gasteiger partial charge in [-0.1, -0.05) is 30.9 Å². The van der Waals surface area contributed by atoms with Crippen LogP contribution >= 0.6 is 0 Å². The number of carbonyl (C=O) groups is 2. The number of rotatable bonds is 6. The fourth-order valence-electron chi connectivity index (χ4n) is 4.40. The van der Waals surface area contributed by atoms with E-state index in [4.69, 9.17) is 9.47 Å². The second-order valence-corrected chi connectivity index (χ2v) is 9.84. The van der Waals surface area contributed by atoms with E-state index in [0.717, 1.165) is 11.3 Å². The molecule has 1 aromatic heterocycles. The number of ether oxygens (including phenoxy) is 2. The van der Waals surface area contributed by atoms with Gasteiger partial charge in [-0.2, -0.15) is 0 Å². The highest BCUT2D eigenvalue weighted by Gasteiger charge is 2.35. The van der Waals surface area contributed by atoms with Crippen LogP contribution in [0.25, 0.3) is 0 Å². The topological polar surface area (TPSA) is 92.2 Å². The molecule has 1 N–H and O–H groups in total. The number of aromatic nitrogens is 1. The zero-order valence-electron chi connectivity index (χ0n) is 22.9. The van der Waals surface area contributed by atoms with Gasteiger partial charge in [0, 0.05) is 36.8 Å². The third kappa shape index (κ3) is 6.41. The number of aliphatic hydroxyl groups excluding tert-OH is 1. The molecule has 4 rings (SSSR count). The summed E-state index contributed by atoms with van der Waals surface area (Å²) in [4.78, 5) is 34.0. The molecule has 1 aliphatic heterocycles. The van der Waals surface area contributed by atoms with Gasteiger partial charge in [-0.3, -0.25) is 9.59 Å². The number of nitrogens with zero attached hydrogens (tertiary/aromatic N) is 3. The SMILES string of the molecule is COc1ccc(C#Cc2cnc3c(c2)C(=O)N([C@H](C)CO)C[C@H](C)[C@@H](CN(C)C(=O)c2ccccc2F)O3)cc1. The maximum Gasteiger partial charge on any atom is 0.259 e. The summed E-state index contributed by atoms with van der Waals surface area (Å²) in [5, 5.41) is 9.88. The van der Waals surface area contributed by atoms with Gasteiger partial charge in [0.15, 0.2) is 0 Å². The van der Waals surface area contributed by atoms with Crippen molar-refractivity contribution in [2.45, 2.75) is 26.0 Å².